The molecule has 34 heavy (non-hydrogen) atoms. The van der Waals surface area contributed by atoms with Gasteiger partial charge in [0.25, 0.3) is 20.0 Å². The number of sulfonamides is 2. The van der Waals surface area contributed by atoms with Crippen LogP contribution >= 0.6 is 0 Å². The Kier molecular flexibility index (Phi) is 7.68. The smallest absolute Gasteiger partial charge is 0.263 e. The van der Waals surface area contributed by atoms with Gasteiger partial charge in [0, 0.05) is 0 Å². The Hall–Kier alpha value is -3.31. The molecule has 2 N–H and O–H groups in total. The molecule has 0 unspecified atom stereocenters. The third kappa shape index (κ3) is 5.97. The van der Waals surface area contributed by atoms with Gasteiger partial charge in [0.1, 0.15) is 23.1 Å². The topological polar surface area (TPSA) is 124 Å². The van der Waals surface area contributed by atoms with Crippen LogP contribution in [0.15, 0.2) is 64.4 Å². The van der Waals surface area contributed by atoms with E-state index in [0.717, 1.165) is 0 Å². The standard InChI is InChI=1S/C23H27N3O6S2/c1-5-31-20-12-10-18(14-16(20)3)33(27,28)25-22-8-7-9-23(24-22)26-34(29,30)19-11-13-21(32-6-2)17(4)15-19/h7-15H,5-6H2,1-4H3,(H2,24,25,26). The number of rotatable bonds is 10. The van der Waals surface area contributed by atoms with Crippen LogP contribution in [0.4, 0.5) is 11.6 Å². The van der Waals surface area contributed by atoms with Crippen LogP contribution in [0.3, 0.4) is 0 Å². The highest BCUT2D eigenvalue weighted by Gasteiger charge is 2.19. The second kappa shape index (κ2) is 10.3. The van der Waals surface area contributed by atoms with Crippen molar-refractivity contribution in [3.63, 3.8) is 0 Å². The SMILES string of the molecule is CCOc1ccc(S(=O)(=O)Nc2cccc(NS(=O)(=O)c3ccc(OCC)c(C)c3)n2)cc1C. The summed E-state index contributed by atoms with van der Waals surface area (Å²) in [6.45, 7) is 8.12. The van der Waals surface area contributed by atoms with Crippen molar-refractivity contribution in [2.24, 2.45) is 0 Å². The van der Waals surface area contributed by atoms with Gasteiger partial charge in [0.2, 0.25) is 0 Å². The van der Waals surface area contributed by atoms with Crippen molar-refractivity contribution < 1.29 is 26.3 Å². The van der Waals surface area contributed by atoms with Crippen LogP contribution in [0, 0.1) is 13.8 Å². The third-order valence-corrected chi connectivity index (χ3v) is 7.44. The first-order chi connectivity index (χ1) is 16.1. The highest BCUT2D eigenvalue weighted by Crippen LogP contribution is 2.25. The van der Waals surface area contributed by atoms with Gasteiger partial charge in [0.15, 0.2) is 0 Å². The van der Waals surface area contributed by atoms with Crippen molar-refractivity contribution in [2.45, 2.75) is 37.5 Å². The number of hydrogen-bond acceptors (Lipinski definition) is 7. The van der Waals surface area contributed by atoms with E-state index >= 15 is 0 Å². The fourth-order valence-corrected chi connectivity index (χ4v) is 5.33. The van der Waals surface area contributed by atoms with Gasteiger partial charge in [0.05, 0.1) is 23.0 Å². The lowest BCUT2D eigenvalue weighted by Crippen LogP contribution is -2.17. The summed E-state index contributed by atoms with van der Waals surface area (Å²) < 4.78 is 66.9. The van der Waals surface area contributed by atoms with Gasteiger partial charge in [-0.15, -0.1) is 0 Å². The van der Waals surface area contributed by atoms with E-state index in [1.54, 1.807) is 26.0 Å². The van der Waals surface area contributed by atoms with Crippen LogP contribution in [-0.2, 0) is 20.0 Å². The normalized spacial score (nSPS) is 11.6. The largest absolute Gasteiger partial charge is 0.494 e. The molecule has 3 aromatic rings. The van der Waals surface area contributed by atoms with Crippen LogP contribution in [0.1, 0.15) is 25.0 Å². The van der Waals surface area contributed by atoms with E-state index in [4.69, 9.17) is 9.47 Å². The maximum atomic E-state index is 12.8. The van der Waals surface area contributed by atoms with E-state index in [1.807, 2.05) is 13.8 Å². The first-order valence-corrected chi connectivity index (χ1v) is 13.5. The molecular weight excluding hydrogens is 478 g/mol. The fourth-order valence-electron chi connectivity index (χ4n) is 3.15. The van der Waals surface area contributed by atoms with E-state index in [9.17, 15) is 16.8 Å². The van der Waals surface area contributed by atoms with Gasteiger partial charge in [-0.05, 0) is 87.4 Å². The molecule has 0 radical (unpaired) electrons. The van der Waals surface area contributed by atoms with Gasteiger partial charge in [-0.2, -0.15) is 0 Å². The molecule has 0 aliphatic rings. The number of benzene rings is 2. The molecule has 9 nitrogen and oxygen atoms in total. The number of hydrogen-bond donors (Lipinski definition) is 2. The Morgan fingerprint density at radius 2 is 1.12 bits per heavy atom. The molecular formula is C23H27N3O6S2. The zero-order valence-corrected chi connectivity index (χ0v) is 21.0. The van der Waals surface area contributed by atoms with Crippen LogP contribution in [0.2, 0.25) is 0 Å². The lowest BCUT2D eigenvalue weighted by Gasteiger charge is -2.13. The van der Waals surface area contributed by atoms with Gasteiger partial charge >= 0.3 is 0 Å². The molecule has 0 aliphatic carbocycles. The minimum absolute atomic E-state index is 0.0328. The van der Waals surface area contributed by atoms with Crippen LogP contribution in [0.25, 0.3) is 0 Å². The Bertz CT molecular complexity index is 1290. The van der Waals surface area contributed by atoms with Crippen molar-refractivity contribution in [3.8, 4) is 11.5 Å². The summed E-state index contributed by atoms with van der Waals surface area (Å²) in [7, 11) is -7.91. The molecule has 0 saturated heterocycles. The van der Waals surface area contributed by atoms with E-state index < -0.39 is 20.0 Å². The summed E-state index contributed by atoms with van der Waals surface area (Å²) >= 11 is 0. The molecule has 0 fully saturated rings. The number of nitrogens with zero attached hydrogens (tertiary/aromatic N) is 1. The van der Waals surface area contributed by atoms with E-state index in [0.29, 0.717) is 35.8 Å². The average Bonchev–Trinajstić information content (AvgIpc) is 2.76. The Labute approximate surface area is 200 Å². The summed E-state index contributed by atoms with van der Waals surface area (Å²) in [6.07, 6.45) is 0. The summed E-state index contributed by atoms with van der Waals surface area (Å²) in [6, 6.07) is 13.4. The number of nitrogens with one attached hydrogen (secondary N) is 2. The minimum atomic E-state index is -3.96. The predicted molar refractivity (Wildman–Crippen MR) is 131 cm³/mol. The monoisotopic (exact) mass is 505 g/mol. The molecule has 182 valence electrons. The van der Waals surface area contributed by atoms with Gasteiger partial charge in [-0.3, -0.25) is 9.44 Å². The molecule has 0 atom stereocenters. The maximum absolute atomic E-state index is 12.8. The maximum Gasteiger partial charge on any atom is 0.263 e. The molecule has 2 aromatic carbocycles. The van der Waals surface area contributed by atoms with E-state index in [-0.39, 0.29) is 21.4 Å². The Morgan fingerprint density at radius 3 is 1.47 bits per heavy atom. The predicted octanol–water partition coefficient (Wildman–Crippen LogP) is 4.10. The number of pyridine rings is 1. The van der Waals surface area contributed by atoms with Gasteiger partial charge in [-0.1, -0.05) is 6.07 Å². The van der Waals surface area contributed by atoms with Gasteiger partial charge < -0.3 is 9.47 Å². The fraction of sp³-hybridized carbons (Fsp3) is 0.261. The molecule has 0 spiro atoms. The molecule has 0 saturated carbocycles. The first-order valence-electron chi connectivity index (χ1n) is 10.6. The lowest BCUT2D eigenvalue weighted by molar-refractivity contribution is 0.337. The first kappa shape index (κ1) is 25.3. The molecule has 3 rings (SSSR count). The molecule has 0 aliphatic heterocycles. The van der Waals surface area contributed by atoms with Gasteiger partial charge in [-0.25, -0.2) is 21.8 Å². The summed E-state index contributed by atoms with van der Waals surface area (Å²) in [4.78, 5) is 4.17. The highest BCUT2D eigenvalue weighted by atomic mass is 32.2. The number of ether oxygens (including phenoxy) is 2. The van der Waals surface area contributed by atoms with Crippen molar-refractivity contribution in [1.82, 2.24) is 4.98 Å². The average molecular weight is 506 g/mol. The van der Waals surface area contributed by atoms with Crippen molar-refractivity contribution in [3.05, 3.63) is 65.7 Å². The molecule has 1 aromatic heterocycles. The summed E-state index contributed by atoms with van der Waals surface area (Å²) in [5.41, 5.74) is 1.34. The minimum Gasteiger partial charge on any atom is -0.494 e. The van der Waals surface area contributed by atoms with E-state index in [1.165, 1.54) is 42.5 Å². The van der Waals surface area contributed by atoms with Crippen molar-refractivity contribution in [2.75, 3.05) is 22.7 Å². The summed E-state index contributed by atoms with van der Waals surface area (Å²) in [5.74, 6) is 1.13. The van der Waals surface area contributed by atoms with Crippen LogP contribution < -0.4 is 18.9 Å². The molecule has 1 heterocycles. The van der Waals surface area contributed by atoms with Crippen LogP contribution in [-0.4, -0.2) is 35.0 Å². The number of aromatic nitrogens is 1. The number of aryl methyl sites for hydroxylation is 2. The molecule has 11 heteroatoms. The third-order valence-electron chi connectivity index (χ3n) is 4.74. The van der Waals surface area contributed by atoms with Crippen molar-refractivity contribution in [1.29, 1.82) is 0 Å². The number of anilines is 2. The molecule has 0 amide bonds. The highest BCUT2D eigenvalue weighted by molar-refractivity contribution is 7.93. The second-order valence-corrected chi connectivity index (χ2v) is 10.7. The Balaban J connectivity index is 1.81. The molecule has 0 bridgehead atoms. The second-order valence-electron chi connectivity index (χ2n) is 7.34. The Morgan fingerprint density at radius 1 is 0.706 bits per heavy atom. The lowest BCUT2D eigenvalue weighted by atomic mass is 10.2. The zero-order chi connectivity index (χ0) is 24.9. The van der Waals surface area contributed by atoms with Crippen LogP contribution in [0.5, 0.6) is 11.5 Å². The zero-order valence-electron chi connectivity index (χ0n) is 19.3. The quantitative estimate of drug-likeness (QED) is 0.425. The van der Waals surface area contributed by atoms with Crippen molar-refractivity contribution >= 4 is 31.7 Å². The van der Waals surface area contributed by atoms with E-state index in [2.05, 4.69) is 14.4 Å². The summed E-state index contributed by atoms with van der Waals surface area (Å²) in [5, 5.41) is 0.